The van der Waals surface area contributed by atoms with Crippen LogP contribution in [0.2, 0.25) is 0 Å². The molecule has 1 spiro atoms. The molecule has 118 valence electrons. The molecule has 2 N–H and O–H groups in total. The van der Waals surface area contributed by atoms with Crippen LogP contribution in [0.5, 0.6) is 0 Å². The van der Waals surface area contributed by atoms with E-state index in [1.165, 1.54) is 6.07 Å². The Kier molecular flexibility index (Phi) is 3.42. The smallest absolute Gasteiger partial charge is 0.240 e. The normalized spacial score (nSPS) is 26.7. The Balaban J connectivity index is 1.63. The molecule has 0 aromatic heterocycles. The van der Waals surface area contributed by atoms with Crippen molar-refractivity contribution in [3.63, 3.8) is 0 Å². The largest absolute Gasteiger partial charge is 0.354 e. The van der Waals surface area contributed by atoms with Gasteiger partial charge in [0.15, 0.2) is 0 Å². The average molecular weight is 310 g/mol. The second-order valence-electron chi connectivity index (χ2n) is 6.43. The van der Waals surface area contributed by atoms with Crippen LogP contribution in [-0.4, -0.2) is 18.0 Å². The van der Waals surface area contributed by atoms with Crippen LogP contribution in [0.3, 0.4) is 0 Å². The maximum absolute atomic E-state index is 14.0. The van der Waals surface area contributed by atoms with Crippen LogP contribution in [0, 0.1) is 5.82 Å². The van der Waals surface area contributed by atoms with Crippen molar-refractivity contribution < 1.29 is 9.18 Å². The molecule has 2 saturated heterocycles. The van der Waals surface area contributed by atoms with E-state index < -0.39 is 5.54 Å². The minimum absolute atomic E-state index is 0.116. The Morgan fingerprint density at radius 2 is 1.96 bits per heavy atom. The summed E-state index contributed by atoms with van der Waals surface area (Å²) in [5, 5.41) is 6.44. The molecule has 0 unspecified atom stereocenters. The first-order chi connectivity index (χ1) is 11.2. The number of hydrogen-bond donors (Lipinski definition) is 2. The first-order valence-electron chi connectivity index (χ1n) is 8.09. The number of benzene rings is 2. The summed E-state index contributed by atoms with van der Waals surface area (Å²) in [6, 6.07) is 14.9. The highest BCUT2D eigenvalue weighted by Gasteiger charge is 2.47. The average Bonchev–Trinajstić information content (AvgIpc) is 3.16. The number of hydrogen-bond acceptors (Lipinski definition) is 2. The van der Waals surface area contributed by atoms with E-state index in [1.807, 2.05) is 30.3 Å². The van der Waals surface area contributed by atoms with Crippen LogP contribution in [0.25, 0.3) is 11.1 Å². The molecule has 2 aliphatic rings. The molecule has 0 bridgehead atoms. The van der Waals surface area contributed by atoms with E-state index in [-0.39, 0.29) is 17.8 Å². The Morgan fingerprint density at radius 1 is 1.09 bits per heavy atom. The third-order valence-corrected chi connectivity index (χ3v) is 5.06. The minimum atomic E-state index is -0.404. The standard InChI is InChI=1S/C19H19FN2O/c20-16-7-2-1-6-15(16)13-4-3-5-14(12-13)17-8-9-19(22-17)10-11-21-18(19)23/h1-7,12,17,22H,8-11H2,(H,21,23)/t17-,19+/m0/s1. The van der Waals surface area contributed by atoms with Crippen LogP contribution in [0.1, 0.15) is 30.9 Å². The molecule has 23 heavy (non-hydrogen) atoms. The lowest BCUT2D eigenvalue weighted by Gasteiger charge is -2.22. The highest BCUT2D eigenvalue weighted by Crippen LogP contribution is 2.38. The van der Waals surface area contributed by atoms with Gasteiger partial charge < -0.3 is 5.32 Å². The molecule has 2 aromatic carbocycles. The van der Waals surface area contributed by atoms with E-state index in [0.717, 1.165) is 36.9 Å². The van der Waals surface area contributed by atoms with Crippen molar-refractivity contribution in [2.45, 2.75) is 30.8 Å². The number of amides is 1. The zero-order chi connectivity index (χ0) is 15.9. The van der Waals surface area contributed by atoms with Gasteiger partial charge in [-0.1, -0.05) is 36.4 Å². The fourth-order valence-electron chi connectivity index (χ4n) is 3.79. The molecule has 2 fully saturated rings. The summed E-state index contributed by atoms with van der Waals surface area (Å²) in [7, 11) is 0. The molecule has 4 heteroatoms. The molecule has 2 aromatic rings. The molecule has 0 aliphatic carbocycles. The lowest BCUT2D eigenvalue weighted by molar-refractivity contribution is -0.124. The Hall–Kier alpha value is -2.20. The molecular weight excluding hydrogens is 291 g/mol. The van der Waals surface area contributed by atoms with E-state index in [9.17, 15) is 9.18 Å². The topological polar surface area (TPSA) is 41.1 Å². The number of carbonyl (C=O) groups is 1. The van der Waals surface area contributed by atoms with E-state index in [4.69, 9.17) is 0 Å². The second-order valence-corrected chi connectivity index (χ2v) is 6.43. The highest BCUT2D eigenvalue weighted by atomic mass is 19.1. The Bertz CT molecular complexity index is 761. The fraction of sp³-hybridized carbons (Fsp3) is 0.316. The first-order valence-corrected chi connectivity index (χ1v) is 8.09. The molecule has 0 saturated carbocycles. The highest BCUT2D eigenvalue weighted by molar-refractivity contribution is 5.88. The van der Waals surface area contributed by atoms with Gasteiger partial charge in [0.25, 0.3) is 0 Å². The van der Waals surface area contributed by atoms with Gasteiger partial charge in [0.05, 0.1) is 0 Å². The summed E-state index contributed by atoms with van der Waals surface area (Å²) in [6.45, 7) is 0.744. The predicted octanol–water partition coefficient (Wildman–Crippen LogP) is 3.18. The van der Waals surface area contributed by atoms with Crippen LogP contribution >= 0.6 is 0 Å². The van der Waals surface area contributed by atoms with Crippen LogP contribution in [0.4, 0.5) is 4.39 Å². The molecule has 2 atom stereocenters. The van der Waals surface area contributed by atoms with E-state index >= 15 is 0 Å². The summed E-state index contributed by atoms with van der Waals surface area (Å²) in [5.74, 6) is -0.0964. The van der Waals surface area contributed by atoms with Crippen molar-refractivity contribution >= 4 is 5.91 Å². The van der Waals surface area contributed by atoms with E-state index in [1.54, 1.807) is 12.1 Å². The summed E-state index contributed by atoms with van der Waals surface area (Å²) in [6.07, 6.45) is 2.62. The summed E-state index contributed by atoms with van der Waals surface area (Å²) >= 11 is 0. The summed E-state index contributed by atoms with van der Waals surface area (Å²) in [4.78, 5) is 12.1. The van der Waals surface area contributed by atoms with E-state index in [2.05, 4.69) is 10.6 Å². The second kappa shape index (κ2) is 5.46. The molecule has 1 amide bonds. The monoisotopic (exact) mass is 310 g/mol. The fourth-order valence-corrected chi connectivity index (χ4v) is 3.79. The lowest BCUT2D eigenvalue weighted by atomic mass is 9.95. The van der Waals surface area contributed by atoms with Gasteiger partial charge in [-0.2, -0.15) is 0 Å². The molecular formula is C19H19FN2O. The maximum Gasteiger partial charge on any atom is 0.240 e. The SMILES string of the molecule is O=C1NCC[C@]12CC[C@@H](c1cccc(-c3ccccc3F)c1)N2. The maximum atomic E-state index is 14.0. The molecule has 2 aliphatic heterocycles. The predicted molar refractivity (Wildman–Crippen MR) is 87.3 cm³/mol. The van der Waals surface area contributed by atoms with Crippen LogP contribution in [0.15, 0.2) is 48.5 Å². The number of nitrogens with one attached hydrogen (secondary N) is 2. The molecule has 4 rings (SSSR count). The van der Waals surface area contributed by atoms with Gasteiger partial charge >= 0.3 is 0 Å². The van der Waals surface area contributed by atoms with Gasteiger partial charge in [0.2, 0.25) is 5.91 Å². The van der Waals surface area contributed by atoms with Crippen LogP contribution < -0.4 is 10.6 Å². The summed E-state index contributed by atoms with van der Waals surface area (Å²) in [5.41, 5.74) is 2.20. The minimum Gasteiger partial charge on any atom is -0.354 e. The first kappa shape index (κ1) is 14.4. The van der Waals surface area contributed by atoms with Crippen LogP contribution in [-0.2, 0) is 4.79 Å². The van der Waals surface area contributed by atoms with Crippen molar-refractivity contribution in [2.75, 3.05) is 6.54 Å². The van der Waals surface area contributed by atoms with Gasteiger partial charge in [-0.3, -0.25) is 10.1 Å². The van der Waals surface area contributed by atoms with Crippen molar-refractivity contribution in [1.29, 1.82) is 0 Å². The van der Waals surface area contributed by atoms with Crippen molar-refractivity contribution in [1.82, 2.24) is 10.6 Å². The van der Waals surface area contributed by atoms with E-state index in [0.29, 0.717) is 5.56 Å². The van der Waals surface area contributed by atoms with Gasteiger partial charge in [-0.25, -0.2) is 4.39 Å². The molecule has 3 nitrogen and oxygen atoms in total. The zero-order valence-electron chi connectivity index (χ0n) is 12.8. The number of rotatable bonds is 2. The number of carbonyl (C=O) groups excluding carboxylic acids is 1. The lowest BCUT2D eigenvalue weighted by Crippen LogP contribution is -2.47. The van der Waals surface area contributed by atoms with Gasteiger partial charge in [-0.05, 0) is 42.5 Å². The van der Waals surface area contributed by atoms with Gasteiger partial charge in [-0.15, -0.1) is 0 Å². The molecule has 2 heterocycles. The Labute approximate surface area is 134 Å². The zero-order valence-corrected chi connectivity index (χ0v) is 12.8. The van der Waals surface area contributed by atoms with Gasteiger partial charge in [0.1, 0.15) is 11.4 Å². The third kappa shape index (κ3) is 2.43. The van der Waals surface area contributed by atoms with Crippen molar-refractivity contribution in [3.8, 4) is 11.1 Å². The Morgan fingerprint density at radius 3 is 2.74 bits per heavy atom. The van der Waals surface area contributed by atoms with Crippen molar-refractivity contribution in [2.24, 2.45) is 0 Å². The number of halogens is 1. The third-order valence-electron chi connectivity index (χ3n) is 5.06. The quantitative estimate of drug-likeness (QED) is 0.894. The molecule has 0 radical (unpaired) electrons. The van der Waals surface area contributed by atoms with Gasteiger partial charge in [0, 0.05) is 18.2 Å². The summed E-state index contributed by atoms with van der Waals surface area (Å²) < 4.78 is 14.0. The van der Waals surface area contributed by atoms with Crippen molar-refractivity contribution in [3.05, 3.63) is 59.9 Å².